The second kappa shape index (κ2) is 10.4. The van der Waals surface area contributed by atoms with E-state index in [0.717, 1.165) is 17.1 Å². The molecule has 1 saturated heterocycles. The van der Waals surface area contributed by atoms with E-state index in [1.54, 1.807) is 19.1 Å². The Balaban J connectivity index is 1.33. The Morgan fingerprint density at radius 2 is 1.89 bits per heavy atom. The number of alkyl halides is 3. The lowest BCUT2D eigenvalue weighted by atomic mass is 9.96. The Bertz CT molecular complexity index is 1190. The molecule has 1 fully saturated rings. The first-order chi connectivity index (χ1) is 16.8. The van der Waals surface area contributed by atoms with Gasteiger partial charge in [-0.25, -0.2) is 13.4 Å². The molecule has 0 spiro atoms. The van der Waals surface area contributed by atoms with E-state index in [0.29, 0.717) is 30.3 Å². The van der Waals surface area contributed by atoms with Gasteiger partial charge in [0.05, 0.1) is 35.3 Å². The molecule has 1 N–H and O–H groups in total. The molecule has 2 aromatic rings. The van der Waals surface area contributed by atoms with Crippen LogP contribution in [0.3, 0.4) is 0 Å². The number of sulfone groups is 1. The smallest absolute Gasteiger partial charge is 0.302 e. The molecule has 1 aromatic heterocycles. The molecule has 7 nitrogen and oxygen atoms in total. The first-order valence-electron chi connectivity index (χ1n) is 12.0. The van der Waals surface area contributed by atoms with Crippen molar-refractivity contribution in [3.63, 3.8) is 0 Å². The summed E-state index contributed by atoms with van der Waals surface area (Å²) in [5.74, 6) is 0.264. The van der Waals surface area contributed by atoms with Crippen LogP contribution < -0.4 is 5.32 Å². The van der Waals surface area contributed by atoms with E-state index in [2.05, 4.69) is 24.1 Å². The lowest BCUT2D eigenvalue weighted by molar-refractivity contribution is -0.159. The average molecular weight is 545 g/mol. The highest BCUT2D eigenvalue weighted by Crippen LogP contribution is 2.43. The highest BCUT2D eigenvalue weighted by Gasteiger charge is 2.41. The first kappa shape index (κ1) is 27.0. The normalized spacial score (nSPS) is 19.5. The molecular formula is C24H31F3N4O3S2. The Morgan fingerprint density at radius 1 is 1.22 bits per heavy atom. The third-order valence-electron chi connectivity index (χ3n) is 6.58. The number of carbonyl (C=O) groups is 1. The number of amides is 1. The number of rotatable bonds is 9. The van der Waals surface area contributed by atoms with Gasteiger partial charge in [-0.1, -0.05) is 32.9 Å². The summed E-state index contributed by atoms with van der Waals surface area (Å²) in [5.41, 5.74) is 1.64. The molecule has 0 saturated carbocycles. The molecule has 198 valence electrons. The molecule has 1 amide bonds. The fraction of sp³-hybridized carbons (Fsp3) is 0.583. The van der Waals surface area contributed by atoms with Crippen LogP contribution in [0, 0.1) is 11.8 Å². The molecule has 0 radical (unpaired) electrons. The quantitative estimate of drug-likeness (QED) is 0.512. The van der Waals surface area contributed by atoms with Crippen molar-refractivity contribution >= 4 is 32.2 Å². The van der Waals surface area contributed by atoms with Crippen molar-refractivity contribution < 1.29 is 26.4 Å². The number of benzene rings is 1. The topological polar surface area (TPSA) is 82.6 Å². The van der Waals surface area contributed by atoms with Gasteiger partial charge in [0.2, 0.25) is 5.91 Å². The lowest BCUT2D eigenvalue weighted by Crippen LogP contribution is -2.54. The van der Waals surface area contributed by atoms with Crippen molar-refractivity contribution in [2.24, 2.45) is 11.8 Å². The van der Waals surface area contributed by atoms with Gasteiger partial charge in [-0.05, 0) is 29.5 Å². The molecule has 0 unspecified atom stereocenters. The molecule has 3 heterocycles. The zero-order valence-electron chi connectivity index (χ0n) is 20.5. The molecule has 2 aliphatic rings. The number of halogens is 3. The molecule has 1 aromatic carbocycles. The van der Waals surface area contributed by atoms with Gasteiger partial charge in [0, 0.05) is 31.1 Å². The fourth-order valence-corrected chi connectivity index (χ4v) is 6.90. The zero-order valence-corrected chi connectivity index (χ0v) is 22.1. The number of fused-ring (bicyclic) bond motifs is 1. The summed E-state index contributed by atoms with van der Waals surface area (Å²) >= 11 is 1.43. The lowest BCUT2D eigenvalue weighted by Gasteiger charge is -2.42. The van der Waals surface area contributed by atoms with Gasteiger partial charge >= 0.3 is 6.18 Å². The van der Waals surface area contributed by atoms with Crippen molar-refractivity contribution in [3.05, 3.63) is 40.4 Å². The van der Waals surface area contributed by atoms with Gasteiger partial charge in [-0.15, -0.1) is 11.3 Å². The summed E-state index contributed by atoms with van der Waals surface area (Å²) in [5, 5.41) is 3.39. The SMILES string of the molecule is CCS(=O)(=O)c1ccc(CC(=O)Nc2nc3c(s2)CN(CC2CN(CC(F)(F)F)C2)[C@H]3C(C)C)cc1. The van der Waals surface area contributed by atoms with E-state index in [1.807, 2.05) is 0 Å². The number of carbonyl (C=O) groups excluding carboxylic acids is 1. The monoisotopic (exact) mass is 544 g/mol. The van der Waals surface area contributed by atoms with E-state index in [4.69, 9.17) is 4.98 Å². The number of likely N-dealkylation sites (tertiary alicyclic amines) is 1. The van der Waals surface area contributed by atoms with Crippen LogP contribution in [0.25, 0.3) is 0 Å². The van der Waals surface area contributed by atoms with Crippen molar-refractivity contribution in [3.8, 4) is 0 Å². The van der Waals surface area contributed by atoms with Crippen LogP contribution in [-0.2, 0) is 27.6 Å². The fourth-order valence-electron chi connectivity index (χ4n) is 4.97. The number of nitrogens with zero attached hydrogens (tertiary/aromatic N) is 3. The highest BCUT2D eigenvalue weighted by molar-refractivity contribution is 7.91. The van der Waals surface area contributed by atoms with Crippen molar-refractivity contribution in [1.29, 1.82) is 0 Å². The van der Waals surface area contributed by atoms with Crippen molar-refractivity contribution in [2.45, 2.75) is 50.9 Å². The molecule has 0 aliphatic carbocycles. The largest absolute Gasteiger partial charge is 0.401 e. The molecule has 0 bridgehead atoms. The Labute approximate surface area is 213 Å². The summed E-state index contributed by atoms with van der Waals surface area (Å²) < 4.78 is 61.6. The Kier molecular flexibility index (Phi) is 7.80. The minimum absolute atomic E-state index is 0.0213. The number of aromatic nitrogens is 1. The second-order valence-electron chi connectivity index (χ2n) is 9.89. The van der Waals surface area contributed by atoms with E-state index >= 15 is 0 Å². The minimum atomic E-state index is -4.16. The van der Waals surface area contributed by atoms with Crippen LogP contribution in [0.1, 0.15) is 42.9 Å². The van der Waals surface area contributed by atoms with Gasteiger partial charge in [-0.3, -0.25) is 14.6 Å². The van der Waals surface area contributed by atoms with Crippen LogP contribution in [-0.4, -0.2) is 67.2 Å². The van der Waals surface area contributed by atoms with Gasteiger partial charge < -0.3 is 5.32 Å². The Hall–Kier alpha value is -2.02. The molecule has 4 rings (SSSR count). The van der Waals surface area contributed by atoms with Crippen LogP contribution in [0.4, 0.5) is 18.3 Å². The third kappa shape index (κ3) is 6.27. The third-order valence-corrected chi connectivity index (χ3v) is 9.30. The maximum Gasteiger partial charge on any atom is 0.401 e. The average Bonchev–Trinajstić information content (AvgIpc) is 3.27. The van der Waals surface area contributed by atoms with E-state index in [1.165, 1.54) is 28.4 Å². The van der Waals surface area contributed by atoms with Crippen LogP contribution in [0.2, 0.25) is 0 Å². The number of thiazole rings is 1. The van der Waals surface area contributed by atoms with E-state index < -0.39 is 22.6 Å². The van der Waals surface area contributed by atoms with Crippen molar-refractivity contribution in [1.82, 2.24) is 14.8 Å². The first-order valence-corrected chi connectivity index (χ1v) is 14.5. The van der Waals surface area contributed by atoms with Crippen molar-refractivity contribution in [2.75, 3.05) is 37.2 Å². The maximum atomic E-state index is 12.6. The van der Waals surface area contributed by atoms with Crippen LogP contribution in [0.15, 0.2) is 29.2 Å². The zero-order chi connectivity index (χ0) is 26.3. The summed E-state index contributed by atoms with van der Waals surface area (Å²) in [7, 11) is -3.28. The highest BCUT2D eigenvalue weighted by atomic mass is 32.2. The summed E-state index contributed by atoms with van der Waals surface area (Å²) in [6, 6.07) is 6.39. The van der Waals surface area contributed by atoms with Gasteiger partial charge in [-0.2, -0.15) is 13.2 Å². The summed E-state index contributed by atoms with van der Waals surface area (Å²) in [6.45, 7) is 7.25. The molecule has 2 aliphatic heterocycles. The Morgan fingerprint density at radius 3 is 2.47 bits per heavy atom. The van der Waals surface area contributed by atoms with E-state index in [9.17, 15) is 26.4 Å². The predicted octanol–water partition coefficient (Wildman–Crippen LogP) is 4.12. The number of anilines is 1. The maximum absolute atomic E-state index is 12.6. The summed E-state index contributed by atoms with van der Waals surface area (Å²) in [4.78, 5) is 22.3. The van der Waals surface area contributed by atoms with Crippen LogP contribution >= 0.6 is 11.3 Å². The summed E-state index contributed by atoms with van der Waals surface area (Å²) in [6.07, 6.45) is -4.06. The van der Waals surface area contributed by atoms with E-state index in [-0.39, 0.29) is 40.9 Å². The number of nitrogens with one attached hydrogen (secondary N) is 1. The number of hydrogen-bond acceptors (Lipinski definition) is 7. The number of hydrogen-bond donors (Lipinski definition) is 1. The van der Waals surface area contributed by atoms with Gasteiger partial charge in [0.25, 0.3) is 0 Å². The van der Waals surface area contributed by atoms with Crippen LogP contribution in [0.5, 0.6) is 0 Å². The molecule has 12 heteroatoms. The minimum Gasteiger partial charge on any atom is -0.302 e. The molecule has 36 heavy (non-hydrogen) atoms. The van der Waals surface area contributed by atoms with Gasteiger partial charge in [0.15, 0.2) is 15.0 Å². The van der Waals surface area contributed by atoms with Gasteiger partial charge in [0.1, 0.15) is 0 Å². The second-order valence-corrected chi connectivity index (χ2v) is 13.3. The molecule has 1 atom stereocenters. The standard InChI is InChI=1S/C24H31F3N4O3S2/c1-4-36(33,34)18-7-5-16(6-8-18)9-20(32)28-23-29-21-19(35-23)13-31(22(21)15(2)3)12-17-10-30(11-17)14-24(25,26)27/h5-8,15,17,22H,4,9-14H2,1-3H3,(H,28,29,32)/t22-/m0/s1. The predicted molar refractivity (Wildman–Crippen MR) is 133 cm³/mol. The molecular weight excluding hydrogens is 513 g/mol.